The third-order valence-corrected chi connectivity index (χ3v) is 3.49. The highest BCUT2D eigenvalue weighted by atomic mass is 79.9. The lowest BCUT2D eigenvalue weighted by Crippen LogP contribution is -2.30. The third-order valence-electron chi connectivity index (χ3n) is 2.64. The van der Waals surface area contributed by atoms with Gasteiger partial charge in [-0.05, 0) is 18.8 Å². The van der Waals surface area contributed by atoms with Gasteiger partial charge in [0.2, 0.25) is 5.91 Å². The Kier molecular flexibility index (Phi) is 1.71. The summed E-state index contributed by atoms with van der Waals surface area (Å²) in [5.74, 6) is 1.05. The van der Waals surface area contributed by atoms with Crippen molar-refractivity contribution in [1.82, 2.24) is 4.90 Å². The quantitative estimate of drug-likeness (QED) is 0.609. The molecule has 11 heavy (non-hydrogen) atoms. The molecule has 0 spiro atoms. The van der Waals surface area contributed by atoms with E-state index >= 15 is 0 Å². The van der Waals surface area contributed by atoms with Crippen LogP contribution in [0.25, 0.3) is 0 Å². The smallest absolute Gasteiger partial charge is 0.236 e. The molecule has 3 unspecified atom stereocenters. The topological polar surface area (TPSA) is 20.3 Å². The summed E-state index contributed by atoms with van der Waals surface area (Å²) < 4.78 is 0. The predicted octanol–water partition coefficient (Wildman–Crippen LogP) is 1.39. The minimum Gasteiger partial charge on any atom is -0.338 e. The number of carbonyl (C=O) groups is 1. The number of hydrogen-bond donors (Lipinski definition) is 0. The first-order valence-corrected chi connectivity index (χ1v) is 5.06. The molecule has 2 nitrogen and oxygen atoms in total. The van der Waals surface area contributed by atoms with Crippen molar-refractivity contribution in [2.24, 2.45) is 5.92 Å². The van der Waals surface area contributed by atoms with Crippen molar-refractivity contribution in [1.29, 1.82) is 0 Å². The molecule has 2 aliphatic rings. The van der Waals surface area contributed by atoms with Crippen molar-refractivity contribution in [3.05, 3.63) is 0 Å². The van der Waals surface area contributed by atoms with Crippen molar-refractivity contribution in [2.45, 2.75) is 30.6 Å². The number of amides is 1. The number of likely N-dealkylation sites (tertiary alicyclic amines) is 1. The van der Waals surface area contributed by atoms with Crippen molar-refractivity contribution in [3.8, 4) is 0 Å². The summed E-state index contributed by atoms with van der Waals surface area (Å²) in [4.78, 5) is 13.5. The van der Waals surface area contributed by atoms with E-state index in [1.165, 1.54) is 6.42 Å². The Morgan fingerprint density at radius 3 is 2.64 bits per heavy atom. The summed E-state index contributed by atoms with van der Waals surface area (Å²) >= 11 is 3.37. The maximum Gasteiger partial charge on any atom is 0.236 e. The molecule has 3 atom stereocenters. The number of rotatable bonds is 1. The largest absolute Gasteiger partial charge is 0.338 e. The summed E-state index contributed by atoms with van der Waals surface area (Å²) in [5, 5.41) is 0. The van der Waals surface area contributed by atoms with E-state index in [0.29, 0.717) is 11.9 Å². The molecule has 0 radical (unpaired) electrons. The lowest BCUT2D eigenvalue weighted by molar-refractivity contribution is -0.127. The van der Waals surface area contributed by atoms with Gasteiger partial charge >= 0.3 is 0 Å². The SMILES string of the molecule is CC1CC1N1CCC(Br)C1=O. The summed E-state index contributed by atoms with van der Waals surface area (Å²) in [6, 6.07) is 0.574. The number of carbonyl (C=O) groups excluding carboxylic acids is 1. The van der Waals surface area contributed by atoms with E-state index in [0.717, 1.165) is 18.9 Å². The van der Waals surface area contributed by atoms with Crippen LogP contribution in [0.15, 0.2) is 0 Å². The van der Waals surface area contributed by atoms with Crippen LogP contribution in [-0.2, 0) is 4.79 Å². The minimum absolute atomic E-state index is 0.107. The van der Waals surface area contributed by atoms with Gasteiger partial charge in [0, 0.05) is 12.6 Å². The number of halogens is 1. The summed E-state index contributed by atoms with van der Waals surface area (Å²) in [5.41, 5.74) is 0. The Labute approximate surface area is 75.1 Å². The van der Waals surface area contributed by atoms with Crippen molar-refractivity contribution < 1.29 is 4.79 Å². The van der Waals surface area contributed by atoms with Gasteiger partial charge in [-0.2, -0.15) is 0 Å². The van der Waals surface area contributed by atoms with Gasteiger partial charge in [0.1, 0.15) is 0 Å². The summed E-state index contributed by atoms with van der Waals surface area (Å²) in [7, 11) is 0. The molecule has 2 fully saturated rings. The van der Waals surface area contributed by atoms with Crippen molar-refractivity contribution >= 4 is 21.8 Å². The fourth-order valence-electron chi connectivity index (χ4n) is 1.73. The van der Waals surface area contributed by atoms with E-state index in [1.807, 2.05) is 4.90 Å². The lowest BCUT2D eigenvalue weighted by Gasteiger charge is -2.14. The maximum atomic E-state index is 11.4. The van der Waals surface area contributed by atoms with Crippen LogP contribution in [0.1, 0.15) is 19.8 Å². The van der Waals surface area contributed by atoms with Crippen molar-refractivity contribution in [2.75, 3.05) is 6.54 Å². The molecule has 0 bridgehead atoms. The van der Waals surface area contributed by atoms with Gasteiger partial charge in [-0.25, -0.2) is 0 Å². The highest BCUT2D eigenvalue weighted by molar-refractivity contribution is 9.10. The second kappa shape index (κ2) is 2.47. The van der Waals surface area contributed by atoms with Gasteiger partial charge in [-0.1, -0.05) is 22.9 Å². The van der Waals surface area contributed by atoms with E-state index in [2.05, 4.69) is 22.9 Å². The second-order valence-corrected chi connectivity index (χ2v) is 4.67. The highest BCUT2D eigenvalue weighted by Crippen LogP contribution is 2.38. The predicted molar refractivity (Wildman–Crippen MR) is 46.6 cm³/mol. The third kappa shape index (κ3) is 1.19. The van der Waals surface area contributed by atoms with Crippen LogP contribution in [0.2, 0.25) is 0 Å². The van der Waals surface area contributed by atoms with Gasteiger partial charge in [-0.3, -0.25) is 4.79 Å². The Morgan fingerprint density at radius 2 is 2.27 bits per heavy atom. The Hall–Kier alpha value is -0.0500. The van der Waals surface area contributed by atoms with Gasteiger partial charge in [0.15, 0.2) is 0 Å². The molecule has 1 saturated heterocycles. The molecule has 62 valence electrons. The molecule has 0 aromatic heterocycles. The molecule has 0 N–H and O–H groups in total. The molecule has 3 heteroatoms. The Bertz CT molecular complexity index is 195. The van der Waals surface area contributed by atoms with E-state index in [-0.39, 0.29) is 4.83 Å². The van der Waals surface area contributed by atoms with Gasteiger partial charge < -0.3 is 4.90 Å². The van der Waals surface area contributed by atoms with Crippen LogP contribution >= 0.6 is 15.9 Å². The molecule has 1 amide bonds. The normalized spacial score (nSPS) is 43.3. The second-order valence-electron chi connectivity index (χ2n) is 3.57. The monoisotopic (exact) mass is 217 g/mol. The number of hydrogen-bond acceptors (Lipinski definition) is 1. The molecular weight excluding hydrogens is 206 g/mol. The van der Waals surface area contributed by atoms with Crippen LogP contribution in [-0.4, -0.2) is 28.2 Å². The average molecular weight is 218 g/mol. The maximum absolute atomic E-state index is 11.4. The molecule has 1 aliphatic heterocycles. The fraction of sp³-hybridized carbons (Fsp3) is 0.875. The first kappa shape index (κ1) is 7.59. The van der Waals surface area contributed by atoms with Gasteiger partial charge in [0.05, 0.1) is 4.83 Å². The number of nitrogens with zero attached hydrogens (tertiary/aromatic N) is 1. The summed E-state index contributed by atoms with van der Waals surface area (Å²) in [6.07, 6.45) is 2.20. The summed E-state index contributed by atoms with van der Waals surface area (Å²) in [6.45, 7) is 3.17. The zero-order valence-electron chi connectivity index (χ0n) is 6.59. The van der Waals surface area contributed by atoms with Crippen LogP contribution in [0, 0.1) is 5.92 Å². The van der Waals surface area contributed by atoms with Gasteiger partial charge in [-0.15, -0.1) is 0 Å². The molecule has 2 rings (SSSR count). The fourth-order valence-corrected chi connectivity index (χ4v) is 2.20. The first-order chi connectivity index (χ1) is 5.20. The van der Waals surface area contributed by atoms with Gasteiger partial charge in [0.25, 0.3) is 0 Å². The highest BCUT2D eigenvalue weighted by Gasteiger charge is 2.44. The van der Waals surface area contributed by atoms with E-state index in [9.17, 15) is 4.79 Å². The lowest BCUT2D eigenvalue weighted by atomic mass is 10.4. The average Bonchev–Trinajstić information content (AvgIpc) is 2.58. The minimum atomic E-state index is 0.107. The zero-order valence-corrected chi connectivity index (χ0v) is 8.17. The Balaban J connectivity index is 2.01. The first-order valence-electron chi connectivity index (χ1n) is 4.14. The van der Waals surface area contributed by atoms with E-state index in [4.69, 9.17) is 0 Å². The van der Waals surface area contributed by atoms with Crippen LogP contribution < -0.4 is 0 Å². The van der Waals surface area contributed by atoms with Crippen molar-refractivity contribution in [3.63, 3.8) is 0 Å². The molecule has 1 saturated carbocycles. The Morgan fingerprint density at radius 1 is 1.64 bits per heavy atom. The van der Waals surface area contributed by atoms with E-state index < -0.39 is 0 Å². The van der Waals surface area contributed by atoms with Crippen LogP contribution in [0.3, 0.4) is 0 Å². The number of alkyl halides is 1. The standard InChI is InChI=1S/C8H12BrNO/c1-5-4-7(5)10-3-2-6(9)8(10)11/h5-7H,2-4H2,1H3. The van der Waals surface area contributed by atoms with Crippen LogP contribution in [0.5, 0.6) is 0 Å². The molecule has 0 aromatic carbocycles. The molecule has 0 aromatic rings. The van der Waals surface area contributed by atoms with Crippen LogP contribution in [0.4, 0.5) is 0 Å². The molecular formula is C8H12BrNO. The molecule has 1 heterocycles. The van der Waals surface area contributed by atoms with E-state index in [1.54, 1.807) is 0 Å². The zero-order chi connectivity index (χ0) is 8.01. The molecule has 1 aliphatic carbocycles.